The van der Waals surface area contributed by atoms with Crippen molar-refractivity contribution in [3.63, 3.8) is 0 Å². The molecule has 1 saturated carbocycles. The normalized spacial score (nSPS) is 15.9. The highest BCUT2D eigenvalue weighted by molar-refractivity contribution is 7.07. The fourth-order valence-electron chi connectivity index (χ4n) is 3.76. The van der Waals surface area contributed by atoms with Gasteiger partial charge in [-0.2, -0.15) is 0 Å². The number of thiazole rings is 1. The first-order valence-electron chi connectivity index (χ1n) is 9.57. The molecule has 1 aliphatic carbocycles. The van der Waals surface area contributed by atoms with Crippen molar-refractivity contribution >= 4 is 17.2 Å². The quantitative estimate of drug-likeness (QED) is 0.586. The summed E-state index contributed by atoms with van der Waals surface area (Å²) in [4.78, 5) is 10.5. The summed E-state index contributed by atoms with van der Waals surface area (Å²) in [7, 11) is 1.70. The molecule has 0 N–H and O–H groups in total. The zero-order valence-electron chi connectivity index (χ0n) is 15.9. The van der Waals surface area contributed by atoms with Crippen molar-refractivity contribution in [1.29, 1.82) is 0 Å². The van der Waals surface area contributed by atoms with Crippen LogP contribution < -0.4 is 9.54 Å². The monoisotopic (exact) mass is 379 g/mol. The third kappa shape index (κ3) is 3.98. The third-order valence-electron chi connectivity index (χ3n) is 5.15. The van der Waals surface area contributed by atoms with Gasteiger partial charge in [-0.25, -0.2) is 9.98 Å². The fraction of sp³-hybridized carbons (Fsp3) is 0.364. The Morgan fingerprint density at radius 1 is 1.07 bits per heavy atom. The zero-order chi connectivity index (χ0) is 18.6. The summed E-state index contributed by atoms with van der Waals surface area (Å²) in [5.41, 5.74) is 3.43. The molecule has 3 aromatic rings. The van der Waals surface area contributed by atoms with Gasteiger partial charge in [0.25, 0.3) is 0 Å². The van der Waals surface area contributed by atoms with Crippen molar-refractivity contribution < 1.29 is 4.74 Å². The first-order chi connectivity index (χ1) is 13.2. The molecule has 0 unspecified atom stereocenters. The number of rotatable bonds is 4. The van der Waals surface area contributed by atoms with E-state index >= 15 is 0 Å². The highest BCUT2D eigenvalue weighted by atomic mass is 32.1. The predicted molar refractivity (Wildman–Crippen MR) is 111 cm³/mol. The smallest absolute Gasteiger partial charge is 0.192 e. The van der Waals surface area contributed by atoms with E-state index < -0.39 is 0 Å². The van der Waals surface area contributed by atoms with E-state index in [9.17, 15) is 0 Å². The number of benzene rings is 1. The molecule has 0 saturated heterocycles. The molecule has 27 heavy (non-hydrogen) atoms. The van der Waals surface area contributed by atoms with E-state index in [0.717, 1.165) is 22.1 Å². The van der Waals surface area contributed by atoms with Crippen molar-refractivity contribution in [2.45, 2.75) is 45.1 Å². The number of hydrogen-bond acceptors (Lipinski definition) is 4. The van der Waals surface area contributed by atoms with E-state index in [1.54, 1.807) is 18.4 Å². The molecule has 0 radical (unpaired) electrons. The highest BCUT2D eigenvalue weighted by Crippen LogP contribution is 2.33. The second-order valence-corrected chi connectivity index (χ2v) is 7.88. The number of nitrogens with zero attached hydrogens (tertiary/aromatic N) is 3. The number of aromatic nitrogens is 2. The number of pyridine rings is 1. The molecule has 0 aliphatic heterocycles. The van der Waals surface area contributed by atoms with Gasteiger partial charge in [0, 0.05) is 17.1 Å². The summed E-state index contributed by atoms with van der Waals surface area (Å²) in [5.74, 6) is 1.66. The lowest BCUT2D eigenvalue weighted by atomic mass is 9.95. The number of methoxy groups -OCH3 is 1. The van der Waals surface area contributed by atoms with Crippen LogP contribution >= 0.6 is 11.3 Å². The molecule has 5 heteroatoms. The molecule has 0 spiro atoms. The van der Waals surface area contributed by atoms with Gasteiger partial charge in [0.2, 0.25) is 0 Å². The number of ether oxygens (including phenoxy) is 1. The first kappa shape index (κ1) is 18.0. The average Bonchev–Trinajstić information content (AvgIpc) is 3.12. The Balaban J connectivity index is 1.82. The van der Waals surface area contributed by atoms with E-state index in [-0.39, 0.29) is 0 Å². The van der Waals surface area contributed by atoms with E-state index in [2.05, 4.69) is 27.1 Å². The van der Waals surface area contributed by atoms with Gasteiger partial charge in [-0.05, 0) is 61.7 Å². The molecule has 2 heterocycles. The lowest BCUT2D eigenvalue weighted by Gasteiger charge is -2.25. The van der Waals surface area contributed by atoms with Crippen LogP contribution in [-0.4, -0.2) is 16.7 Å². The van der Waals surface area contributed by atoms with Crippen LogP contribution in [0.2, 0.25) is 0 Å². The number of aryl methyl sites for hydroxylation is 1. The molecule has 2 aromatic heterocycles. The van der Waals surface area contributed by atoms with Crippen LogP contribution in [-0.2, 0) is 0 Å². The second-order valence-electron chi connectivity index (χ2n) is 7.04. The molecule has 0 bridgehead atoms. The van der Waals surface area contributed by atoms with Gasteiger partial charge in [-0.3, -0.25) is 0 Å². The van der Waals surface area contributed by atoms with Crippen molar-refractivity contribution in [2.24, 2.45) is 4.99 Å². The molecule has 1 aliphatic rings. The molecule has 1 aromatic carbocycles. The van der Waals surface area contributed by atoms with Crippen LogP contribution in [0.15, 0.2) is 52.8 Å². The number of hydrogen-bond donors (Lipinski definition) is 0. The molecule has 4 nitrogen and oxygen atoms in total. The second kappa shape index (κ2) is 8.09. The Kier molecular flexibility index (Phi) is 5.39. The average molecular weight is 380 g/mol. The Hall–Kier alpha value is -2.40. The van der Waals surface area contributed by atoms with Crippen LogP contribution in [0.4, 0.5) is 5.82 Å². The van der Waals surface area contributed by atoms with E-state index in [1.807, 2.05) is 37.3 Å². The molecule has 0 amide bonds. The van der Waals surface area contributed by atoms with Crippen LogP contribution in [0, 0.1) is 6.92 Å². The SMILES string of the molecule is COc1ccc(-c2cs/c(=N\c3cccc(C)n3)n2C2CCCCC2)cc1. The van der Waals surface area contributed by atoms with Gasteiger partial charge in [-0.1, -0.05) is 25.3 Å². The van der Waals surface area contributed by atoms with E-state index in [4.69, 9.17) is 9.73 Å². The van der Waals surface area contributed by atoms with Gasteiger partial charge < -0.3 is 9.30 Å². The zero-order valence-corrected chi connectivity index (χ0v) is 16.7. The minimum atomic E-state index is 0.505. The molecular weight excluding hydrogens is 354 g/mol. The topological polar surface area (TPSA) is 39.4 Å². The largest absolute Gasteiger partial charge is 0.497 e. The summed E-state index contributed by atoms with van der Waals surface area (Å²) in [6.07, 6.45) is 6.35. The van der Waals surface area contributed by atoms with Crippen molar-refractivity contribution in [3.05, 3.63) is 58.3 Å². The lowest BCUT2D eigenvalue weighted by Crippen LogP contribution is -2.23. The maximum atomic E-state index is 5.32. The minimum Gasteiger partial charge on any atom is -0.497 e. The molecule has 4 rings (SSSR count). The Bertz CT molecular complexity index is 966. The van der Waals surface area contributed by atoms with Gasteiger partial charge in [0.15, 0.2) is 10.6 Å². The maximum absolute atomic E-state index is 5.32. The molecule has 0 atom stereocenters. The van der Waals surface area contributed by atoms with Crippen LogP contribution in [0.25, 0.3) is 11.3 Å². The molecule has 1 fully saturated rings. The van der Waals surface area contributed by atoms with E-state index in [1.165, 1.54) is 43.4 Å². The highest BCUT2D eigenvalue weighted by Gasteiger charge is 2.20. The van der Waals surface area contributed by atoms with Crippen molar-refractivity contribution in [1.82, 2.24) is 9.55 Å². The van der Waals surface area contributed by atoms with Gasteiger partial charge >= 0.3 is 0 Å². The Morgan fingerprint density at radius 3 is 2.56 bits per heavy atom. The Morgan fingerprint density at radius 2 is 1.85 bits per heavy atom. The van der Waals surface area contributed by atoms with Crippen LogP contribution in [0.5, 0.6) is 5.75 Å². The fourth-order valence-corrected chi connectivity index (χ4v) is 4.73. The summed E-state index contributed by atoms with van der Waals surface area (Å²) in [6, 6.07) is 14.8. The summed E-state index contributed by atoms with van der Waals surface area (Å²) < 4.78 is 7.76. The van der Waals surface area contributed by atoms with Crippen molar-refractivity contribution in [2.75, 3.05) is 7.11 Å². The molecular formula is C22H25N3OS. The summed E-state index contributed by atoms with van der Waals surface area (Å²) in [6.45, 7) is 2.01. The van der Waals surface area contributed by atoms with Gasteiger partial charge in [-0.15, -0.1) is 11.3 Å². The van der Waals surface area contributed by atoms with Gasteiger partial charge in [0.1, 0.15) is 5.75 Å². The summed E-state index contributed by atoms with van der Waals surface area (Å²) in [5, 5.41) is 2.23. The van der Waals surface area contributed by atoms with Gasteiger partial charge in [0.05, 0.1) is 12.8 Å². The van der Waals surface area contributed by atoms with Crippen LogP contribution in [0.1, 0.15) is 43.8 Å². The Labute approximate surface area is 164 Å². The van der Waals surface area contributed by atoms with E-state index in [0.29, 0.717) is 6.04 Å². The summed E-state index contributed by atoms with van der Waals surface area (Å²) >= 11 is 1.70. The van der Waals surface area contributed by atoms with Crippen molar-refractivity contribution in [3.8, 4) is 17.0 Å². The van der Waals surface area contributed by atoms with Crippen LogP contribution in [0.3, 0.4) is 0 Å². The standard InChI is InChI=1S/C22H25N3OS/c1-16-7-6-10-21(23-16)24-22-25(18-8-4-3-5-9-18)20(15-27-22)17-11-13-19(26-2)14-12-17/h6-7,10-15,18H,3-5,8-9H2,1-2H3/b24-22-. The lowest BCUT2D eigenvalue weighted by molar-refractivity contribution is 0.351. The minimum absolute atomic E-state index is 0.505. The maximum Gasteiger partial charge on any atom is 0.192 e. The third-order valence-corrected chi connectivity index (χ3v) is 5.99. The molecule has 140 valence electrons. The first-order valence-corrected chi connectivity index (χ1v) is 10.5. The predicted octanol–water partition coefficient (Wildman–Crippen LogP) is 5.67.